The number of carboxylic acids is 1. The third-order valence-electron chi connectivity index (χ3n) is 3.12. The summed E-state index contributed by atoms with van der Waals surface area (Å²) in [4.78, 5) is 11.1. The van der Waals surface area contributed by atoms with Crippen molar-refractivity contribution >= 4 is 5.97 Å². The molecule has 1 unspecified atom stereocenters. The first-order valence-electron chi connectivity index (χ1n) is 6.29. The van der Waals surface area contributed by atoms with Crippen molar-refractivity contribution < 1.29 is 23.1 Å². The number of nitrogens with zero attached hydrogens (tertiary/aromatic N) is 2. The molecule has 0 aliphatic rings. The predicted octanol–water partition coefficient (Wildman–Crippen LogP) is 3.47. The Kier molecular flexibility index (Phi) is 4.02. The number of hydrogen-bond acceptors (Lipinski definition) is 2. The molecule has 4 nitrogen and oxygen atoms in total. The lowest BCUT2D eigenvalue weighted by molar-refractivity contribution is -0.141. The highest BCUT2D eigenvalue weighted by Gasteiger charge is 2.33. The Morgan fingerprint density at radius 1 is 1.38 bits per heavy atom. The van der Waals surface area contributed by atoms with Crippen molar-refractivity contribution in [3.63, 3.8) is 0 Å². The van der Waals surface area contributed by atoms with E-state index in [1.807, 2.05) is 0 Å². The second-order valence-electron chi connectivity index (χ2n) is 4.54. The van der Waals surface area contributed by atoms with E-state index >= 15 is 0 Å². The van der Waals surface area contributed by atoms with Crippen molar-refractivity contribution in [2.24, 2.45) is 0 Å². The lowest BCUT2D eigenvalue weighted by Gasteiger charge is -2.11. The normalized spacial score (nSPS) is 13.1. The Balaban J connectivity index is 2.37. The van der Waals surface area contributed by atoms with Gasteiger partial charge in [0.05, 0.1) is 11.6 Å². The number of carboxylic acid groups (broad SMARTS) is 1. The molecule has 0 amide bonds. The minimum absolute atomic E-state index is 0.391. The van der Waals surface area contributed by atoms with E-state index in [4.69, 9.17) is 5.11 Å². The molecule has 7 heteroatoms. The highest BCUT2D eigenvalue weighted by atomic mass is 19.4. The van der Waals surface area contributed by atoms with Gasteiger partial charge in [-0.15, -0.1) is 0 Å². The maximum absolute atomic E-state index is 12.5. The maximum atomic E-state index is 12.5. The molecule has 0 radical (unpaired) electrons. The molecule has 1 heterocycles. The highest BCUT2D eigenvalue weighted by molar-refractivity contribution is 5.76. The summed E-state index contributed by atoms with van der Waals surface area (Å²) in [5.41, 5.74) is -0.0626. The molecule has 0 saturated carbocycles. The van der Waals surface area contributed by atoms with Crippen molar-refractivity contribution in [1.29, 1.82) is 0 Å². The molecule has 1 N–H and O–H groups in total. The van der Waals surface area contributed by atoms with E-state index in [1.54, 1.807) is 25.1 Å². The first-order valence-corrected chi connectivity index (χ1v) is 6.29. The number of aliphatic carboxylic acids is 1. The van der Waals surface area contributed by atoms with Crippen LogP contribution in [0, 0.1) is 0 Å². The standard InChI is InChI=1S/C14H13F3N2O2/c1-2-11(13(20)21)9-4-3-5-10(8-9)19-7-6-12(18-19)14(15,16)17/h3-8,11H,2H2,1H3,(H,20,21). The topological polar surface area (TPSA) is 55.1 Å². The van der Waals surface area contributed by atoms with Gasteiger partial charge in [-0.05, 0) is 30.2 Å². The van der Waals surface area contributed by atoms with Crippen LogP contribution in [-0.4, -0.2) is 20.9 Å². The SMILES string of the molecule is CCC(C(=O)O)c1cccc(-n2ccc(C(F)(F)F)n2)c1. The Morgan fingerprint density at radius 2 is 2.10 bits per heavy atom. The summed E-state index contributed by atoms with van der Waals surface area (Å²) in [7, 11) is 0. The number of hydrogen-bond donors (Lipinski definition) is 1. The van der Waals surface area contributed by atoms with Crippen LogP contribution in [0.15, 0.2) is 36.5 Å². The van der Waals surface area contributed by atoms with Crippen LogP contribution in [0.4, 0.5) is 13.2 Å². The van der Waals surface area contributed by atoms with Crippen molar-refractivity contribution in [2.45, 2.75) is 25.4 Å². The van der Waals surface area contributed by atoms with Crippen LogP contribution >= 0.6 is 0 Å². The van der Waals surface area contributed by atoms with Crippen LogP contribution in [-0.2, 0) is 11.0 Å². The fourth-order valence-corrected chi connectivity index (χ4v) is 2.06. The highest BCUT2D eigenvalue weighted by Crippen LogP contribution is 2.28. The molecule has 2 rings (SSSR count). The Morgan fingerprint density at radius 3 is 2.62 bits per heavy atom. The molecule has 1 aromatic heterocycles. The third kappa shape index (κ3) is 3.24. The molecule has 0 spiro atoms. The minimum Gasteiger partial charge on any atom is -0.481 e. The van der Waals surface area contributed by atoms with E-state index in [2.05, 4.69) is 5.10 Å². The van der Waals surface area contributed by atoms with Gasteiger partial charge >= 0.3 is 12.1 Å². The molecule has 1 atom stereocenters. The average molecular weight is 298 g/mol. The molecule has 0 bridgehead atoms. The first-order chi connectivity index (χ1) is 9.82. The fourth-order valence-electron chi connectivity index (χ4n) is 2.06. The quantitative estimate of drug-likeness (QED) is 0.940. The van der Waals surface area contributed by atoms with Crippen LogP contribution in [0.5, 0.6) is 0 Å². The lowest BCUT2D eigenvalue weighted by atomic mass is 9.96. The molecule has 112 valence electrons. The fraction of sp³-hybridized carbons (Fsp3) is 0.286. The van der Waals surface area contributed by atoms with Gasteiger partial charge in [-0.2, -0.15) is 18.3 Å². The number of carbonyl (C=O) groups is 1. The lowest BCUT2D eigenvalue weighted by Crippen LogP contribution is -2.11. The maximum Gasteiger partial charge on any atom is 0.435 e. The smallest absolute Gasteiger partial charge is 0.435 e. The van der Waals surface area contributed by atoms with Crippen molar-refractivity contribution in [1.82, 2.24) is 9.78 Å². The molecular weight excluding hydrogens is 285 g/mol. The monoisotopic (exact) mass is 298 g/mol. The number of aromatic nitrogens is 2. The van der Waals surface area contributed by atoms with Crippen LogP contribution < -0.4 is 0 Å². The van der Waals surface area contributed by atoms with Gasteiger partial charge in [0, 0.05) is 6.20 Å². The zero-order valence-corrected chi connectivity index (χ0v) is 11.1. The summed E-state index contributed by atoms with van der Waals surface area (Å²) in [5.74, 6) is -1.66. The second-order valence-corrected chi connectivity index (χ2v) is 4.54. The van der Waals surface area contributed by atoms with Gasteiger partial charge in [-0.1, -0.05) is 19.1 Å². The van der Waals surface area contributed by atoms with Crippen molar-refractivity contribution in [3.8, 4) is 5.69 Å². The summed E-state index contributed by atoms with van der Waals surface area (Å²) in [6.07, 6.45) is -2.91. The molecule has 2 aromatic rings. The van der Waals surface area contributed by atoms with E-state index in [1.165, 1.54) is 12.3 Å². The third-order valence-corrected chi connectivity index (χ3v) is 3.12. The molecule has 21 heavy (non-hydrogen) atoms. The van der Waals surface area contributed by atoms with Gasteiger partial charge in [-0.25, -0.2) is 4.68 Å². The largest absolute Gasteiger partial charge is 0.481 e. The van der Waals surface area contributed by atoms with Gasteiger partial charge in [0.2, 0.25) is 0 Å². The Hall–Kier alpha value is -2.31. The van der Waals surface area contributed by atoms with Crippen molar-refractivity contribution in [3.05, 3.63) is 47.8 Å². The van der Waals surface area contributed by atoms with Crippen LogP contribution in [0.1, 0.15) is 30.5 Å². The number of benzene rings is 1. The number of alkyl halides is 3. The summed E-state index contributed by atoms with van der Waals surface area (Å²) in [6.45, 7) is 1.74. The van der Waals surface area contributed by atoms with E-state index in [9.17, 15) is 18.0 Å². The molecule has 0 saturated heterocycles. The number of halogens is 3. The number of rotatable bonds is 4. The molecule has 1 aromatic carbocycles. The molecule has 0 aliphatic heterocycles. The zero-order valence-electron chi connectivity index (χ0n) is 11.1. The summed E-state index contributed by atoms with van der Waals surface area (Å²) in [5, 5.41) is 12.6. The Labute approximate surface area is 118 Å². The van der Waals surface area contributed by atoms with Crippen LogP contribution in [0.3, 0.4) is 0 Å². The van der Waals surface area contributed by atoms with Gasteiger partial charge < -0.3 is 5.11 Å². The molecule has 0 aliphatic carbocycles. The Bertz CT molecular complexity index is 650. The summed E-state index contributed by atoms with van der Waals surface area (Å²) >= 11 is 0. The molecular formula is C14H13F3N2O2. The van der Waals surface area contributed by atoms with E-state index in [-0.39, 0.29) is 0 Å². The van der Waals surface area contributed by atoms with Gasteiger partial charge in [0.25, 0.3) is 0 Å². The van der Waals surface area contributed by atoms with Crippen LogP contribution in [0.25, 0.3) is 5.69 Å². The van der Waals surface area contributed by atoms with E-state index in [0.29, 0.717) is 17.7 Å². The first kappa shape index (κ1) is 15.1. The summed E-state index contributed by atoms with van der Waals surface area (Å²) < 4.78 is 38.7. The van der Waals surface area contributed by atoms with Gasteiger partial charge in [0.1, 0.15) is 0 Å². The van der Waals surface area contributed by atoms with E-state index in [0.717, 1.165) is 10.7 Å². The van der Waals surface area contributed by atoms with Gasteiger partial charge in [-0.3, -0.25) is 4.79 Å². The van der Waals surface area contributed by atoms with Crippen molar-refractivity contribution in [2.75, 3.05) is 0 Å². The molecule has 0 fully saturated rings. The van der Waals surface area contributed by atoms with Crippen LogP contribution in [0.2, 0.25) is 0 Å². The average Bonchev–Trinajstić information content (AvgIpc) is 2.89. The summed E-state index contributed by atoms with van der Waals surface area (Å²) in [6, 6.07) is 7.23. The predicted molar refractivity (Wildman–Crippen MR) is 69.2 cm³/mol. The van der Waals surface area contributed by atoms with Gasteiger partial charge in [0.15, 0.2) is 5.69 Å². The minimum atomic E-state index is -4.50. The second kappa shape index (κ2) is 5.59. The zero-order chi connectivity index (χ0) is 15.6. The van der Waals surface area contributed by atoms with E-state index < -0.39 is 23.8 Å².